The van der Waals surface area contributed by atoms with Crippen molar-refractivity contribution in [3.8, 4) is 5.95 Å². The molecule has 2 aromatic heterocycles. The molecule has 0 saturated heterocycles. The first kappa shape index (κ1) is 13.3. The fraction of sp³-hybridized carbons (Fsp3) is 0.111. The molecule has 4 heteroatoms. The van der Waals surface area contributed by atoms with Crippen molar-refractivity contribution in [3.63, 3.8) is 0 Å². The van der Waals surface area contributed by atoms with E-state index in [0.29, 0.717) is 0 Å². The van der Waals surface area contributed by atoms with Crippen molar-refractivity contribution in [2.24, 2.45) is 0 Å². The third-order valence-corrected chi connectivity index (χ3v) is 4.64. The van der Waals surface area contributed by atoms with Crippen molar-refractivity contribution in [2.45, 2.75) is 11.8 Å². The number of nitrogens with zero attached hydrogens (tertiary/aromatic N) is 3. The van der Waals surface area contributed by atoms with E-state index in [9.17, 15) is 0 Å². The number of thioether (sulfide) groups is 1. The summed E-state index contributed by atoms with van der Waals surface area (Å²) in [5.41, 5.74) is 2.34. The number of rotatable bonds is 3. The highest BCUT2D eigenvalue weighted by Crippen LogP contribution is 2.36. The van der Waals surface area contributed by atoms with Crippen LogP contribution in [0.25, 0.3) is 27.8 Å². The summed E-state index contributed by atoms with van der Waals surface area (Å²) < 4.78 is 2.17. The molecule has 108 valence electrons. The SMILES string of the molecule is CCSc1cccc2c3ccccc3n(-c3ncccn3)c12. The smallest absolute Gasteiger partial charge is 0.234 e. The fourth-order valence-corrected chi connectivity index (χ4v) is 3.70. The molecule has 0 N–H and O–H groups in total. The lowest BCUT2D eigenvalue weighted by Gasteiger charge is -2.08. The van der Waals surface area contributed by atoms with Gasteiger partial charge in [-0.05, 0) is 24.0 Å². The maximum absolute atomic E-state index is 4.47. The molecular weight excluding hydrogens is 290 g/mol. The number of hydrogen-bond donors (Lipinski definition) is 0. The molecule has 0 amide bonds. The average Bonchev–Trinajstić information content (AvgIpc) is 2.92. The molecule has 3 nitrogen and oxygen atoms in total. The lowest BCUT2D eigenvalue weighted by atomic mass is 10.1. The first-order valence-corrected chi connectivity index (χ1v) is 8.31. The number of aromatic nitrogens is 3. The summed E-state index contributed by atoms with van der Waals surface area (Å²) in [7, 11) is 0. The van der Waals surface area contributed by atoms with Crippen LogP contribution in [0, 0.1) is 0 Å². The molecule has 0 aliphatic carbocycles. The zero-order valence-electron chi connectivity index (χ0n) is 12.2. The van der Waals surface area contributed by atoms with E-state index in [1.807, 2.05) is 17.8 Å². The number of para-hydroxylation sites is 2. The summed E-state index contributed by atoms with van der Waals surface area (Å²) >= 11 is 1.85. The first-order chi connectivity index (χ1) is 10.9. The molecule has 2 aromatic carbocycles. The largest absolute Gasteiger partial charge is 0.277 e. The van der Waals surface area contributed by atoms with Crippen molar-refractivity contribution >= 4 is 33.6 Å². The Hall–Kier alpha value is -2.33. The zero-order chi connectivity index (χ0) is 14.9. The van der Waals surface area contributed by atoms with Gasteiger partial charge in [0.05, 0.1) is 11.0 Å². The highest BCUT2D eigenvalue weighted by atomic mass is 32.2. The topological polar surface area (TPSA) is 30.7 Å². The second kappa shape index (κ2) is 5.46. The van der Waals surface area contributed by atoms with E-state index in [-0.39, 0.29) is 0 Å². The summed E-state index contributed by atoms with van der Waals surface area (Å²) in [5, 5.41) is 2.49. The van der Waals surface area contributed by atoms with Crippen molar-refractivity contribution in [1.29, 1.82) is 0 Å². The van der Waals surface area contributed by atoms with Crippen molar-refractivity contribution in [3.05, 3.63) is 60.9 Å². The van der Waals surface area contributed by atoms with Gasteiger partial charge in [0, 0.05) is 28.1 Å². The van der Waals surface area contributed by atoms with Gasteiger partial charge in [-0.25, -0.2) is 9.97 Å². The van der Waals surface area contributed by atoms with E-state index >= 15 is 0 Å². The highest BCUT2D eigenvalue weighted by Gasteiger charge is 2.16. The molecule has 0 bridgehead atoms. The number of hydrogen-bond acceptors (Lipinski definition) is 3. The van der Waals surface area contributed by atoms with Gasteiger partial charge in [-0.2, -0.15) is 0 Å². The van der Waals surface area contributed by atoms with E-state index < -0.39 is 0 Å². The number of fused-ring (bicyclic) bond motifs is 3. The van der Waals surface area contributed by atoms with Crippen molar-refractivity contribution in [1.82, 2.24) is 14.5 Å². The minimum Gasteiger partial charge on any atom is -0.277 e. The third-order valence-electron chi connectivity index (χ3n) is 3.71. The summed E-state index contributed by atoms with van der Waals surface area (Å²) in [4.78, 5) is 10.2. The van der Waals surface area contributed by atoms with Gasteiger partial charge in [-0.1, -0.05) is 37.3 Å². The minimum absolute atomic E-state index is 0.720. The van der Waals surface area contributed by atoms with Gasteiger partial charge >= 0.3 is 0 Å². The van der Waals surface area contributed by atoms with E-state index in [2.05, 4.69) is 63.9 Å². The molecule has 0 saturated carbocycles. The van der Waals surface area contributed by atoms with E-state index in [4.69, 9.17) is 0 Å². The summed E-state index contributed by atoms with van der Waals surface area (Å²) in [6.45, 7) is 2.18. The molecule has 0 aliphatic rings. The molecule has 0 aliphatic heterocycles. The highest BCUT2D eigenvalue weighted by molar-refractivity contribution is 7.99. The van der Waals surface area contributed by atoms with Gasteiger partial charge in [-0.3, -0.25) is 4.57 Å². The molecule has 22 heavy (non-hydrogen) atoms. The Bertz CT molecular complexity index is 945. The molecule has 0 fully saturated rings. The van der Waals surface area contributed by atoms with E-state index in [0.717, 1.165) is 17.2 Å². The van der Waals surface area contributed by atoms with Crippen LogP contribution in [-0.4, -0.2) is 20.3 Å². The van der Waals surface area contributed by atoms with Crippen molar-refractivity contribution in [2.75, 3.05) is 5.75 Å². The summed E-state index contributed by atoms with van der Waals surface area (Å²) in [6, 6.07) is 16.8. The van der Waals surface area contributed by atoms with Crippen LogP contribution in [0.2, 0.25) is 0 Å². The third kappa shape index (κ3) is 1.99. The van der Waals surface area contributed by atoms with Gasteiger partial charge in [0.15, 0.2) is 0 Å². The molecule has 4 aromatic rings. The second-order valence-corrected chi connectivity index (χ2v) is 6.29. The van der Waals surface area contributed by atoms with Gasteiger partial charge in [-0.15, -0.1) is 11.8 Å². The van der Waals surface area contributed by atoms with Crippen LogP contribution in [0.3, 0.4) is 0 Å². The van der Waals surface area contributed by atoms with Crippen LogP contribution in [0.4, 0.5) is 0 Å². The van der Waals surface area contributed by atoms with Crippen molar-refractivity contribution < 1.29 is 0 Å². The lowest BCUT2D eigenvalue weighted by molar-refractivity contribution is 0.981. The maximum atomic E-state index is 4.47. The van der Waals surface area contributed by atoms with E-state index in [1.165, 1.54) is 21.2 Å². The fourth-order valence-electron chi connectivity index (χ4n) is 2.87. The van der Waals surface area contributed by atoms with Crippen LogP contribution < -0.4 is 0 Å². The van der Waals surface area contributed by atoms with Crippen LogP contribution >= 0.6 is 11.8 Å². The Labute approximate surface area is 133 Å². The first-order valence-electron chi connectivity index (χ1n) is 7.32. The van der Waals surface area contributed by atoms with Crippen LogP contribution in [0.15, 0.2) is 65.8 Å². The molecule has 0 unspecified atom stereocenters. The second-order valence-electron chi connectivity index (χ2n) is 4.99. The zero-order valence-corrected chi connectivity index (χ0v) is 13.0. The molecule has 0 atom stereocenters. The summed E-state index contributed by atoms with van der Waals surface area (Å²) in [5.74, 6) is 1.76. The molecule has 0 spiro atoms. The van der Waals surface area contributed by atoms with Crippen LogP contribution in [0.1, 0.15) is 6.92 Å². The Morgan fingerprint density at radius 1 is 0.909 bits per heavy atom. The van der Waals surface area contributed by atoms with Gasteiger partial charge in [0.2, 0.25) is 5.95 Å². The number of benzene rings is 2. The van der Waals surface area contributed by atoms with Gasteiger partial charge in [0.1, 0.15) is 0 Å². The van der Waals surface area contributed by atoms with Gasteiger partial charge in [0.25, 0.3) is 0 Å². The normalized spacial score (nSPS) is 11.3. The molecular formula is C18H15N3S. The summed E-state index contributed by atoms with van der Waals surface area (Å²) in [6.07, 6.45) is 3.58. The molecule has 4 rings (SSSR count). The predicted octanol–water partition coefficient (Wildman–Crippen LogP) is 4.69. The molecule has 0 radical (unpaired) electrons. The Kier molecular flexibility index (Phi) is 3.31. The lowest BCUT2D eigenvalue weighted by Crippen LogP contribution is -2.00. The predicted molar refractivity (Wildman–Crippen MR) is 92.8 cm³/mol. The Morgan fingerprint density at radius 3 is 2.50 bits per heavy atom. The Morgan fingerprint density at radius 2 is 1.68 bits per heavy atom. The average molecular weight is 305 g/mol. The van der Waals surface area contributed by atoms with Crippen LogP contribution in [0.5, 0.6) is 0 Å². The maximum Gasteiger partial charge on any atom is 0.234 e. The Balaban J connectivity index is 2.19. The van der Waals surface area contributed by atoms with E-state index in [1.54, 1.807) is 12.4 Å². The standard InChI is InChI=1S/C18H15N3S/c1-2-22-16-10-5-8-14-13-7-3-4-9-15(13)21(17(14)16)18-19-11-6-12-20-18/h3-12H,2H2,1H3. The minimum atomic E-state index is 0.720. The quantitative estimate of drug-likeness (QED) is 0.515. The van der Waals surface area contributed by atoms with Gasteiger partial charge < -0.3 is 0 Å². The molecule has 2 heterocycles. The monoisotopic (exact) mass is 305 g/mol. The van der Waals surface area contributed by atoms with Crippen LogP contribution in [-0.2, 0) is 0 Å².